The molecule has 0 bridgehead atoms. The van der Waals surface area contributed by atoms with Crippen molar-refractivity contribution < 1.29 is 19.2 Å². The lowest BCUT2D eigenvalue weighted by atomic mass is 9.99. The molecule has 10 nitrogen and oxygen atoms in total. The second kappa shape index (κ2) is 11.8. The highest BCUT2D eigenvalue weighted by atomic mass is 16.2. The van der Waals surface area contributed by atoms with E-state index in [4.69, 9.17) is 0 Å². The molecule has 2 aliphatic rings. The van der Waals surface area contributed by atoms with E-state index in [0.29, 0.717) is 25.1 Å². The molecule has 0 saturated carbocycles. The van der Waals surface area contributed by atoms with E-state index in [2.05, 4.69) is 25.9 Å². The molecule has 4 N–H and O–H groups in total. The number of amides is 4. The van der Waals surface area contributed by atoms with Gasteiger partial charge in [0.25, 0.3) is 0 Å². The summed E-state index contributed by atoms with van der Waals surface area (Å²) in [5, 5.41) is 8.56. The predicted molar refractivity (Wildman–Crippen MR) is 132 cm³/mol. The number of rotatable bonds is 8. The Morgan fingerprint density at radius 3 is 2.61 bits per heavy atom. The zero-order valence-electron chi connectivity index (χ0n) is 20.5. The Kier molecular flexibility index (Phi) is 8.35. The molecule has 4 amide bonds. The van der Waals surface area contributed by atoms with Gasteiger partial charge >= 0.3 is 0 Å². The van der Waals surface area contributed by atoms with Crippen molar-refractivity contribution in [1.82, 2.24) is 30.8 Å². The van der Waals surface area contributed by atoms with E-state index in [1.165, 1.54) is 13.3 Å². The van der Waals surface area contributed by atoms with Gasteiger partial charge in [-0.1, -0.05) is 43.2 Å². The van der Waals surface area contributed by atoms with E-state index >= 15 is 0 Å². The fourth-order valence-corrected chi connectivity index (χ4v) is 5.17. The number of nitrogens with one attached hydrogen (secondary N) is 4. The van der Waals surface area contributed by atoms with Crippen LogP contribution in [0.5, 0.6) is 0 Å². The van der Waals surface area contributed by atoms with Gasteiger partial charge in [-0.3, -0.25) is 19.2 Å². The van der Waals surface area contributed by atoms with Gasteiger partial charge in [-0.2, -0.15) is 0 Å². The number of benzene rings is 1. The van der Waals surface area contributed by atoms with Crippen LogP contribution in [0.4, 0.5) is 0 Å². The average Bonchev–Trinajstić information content (AvgIpc) is 3.53. The van der Waals surface area contributed by atoms with Crippen LogP contribution in [0.2, 0.25) is 0 Å². The third kappa shape index (κ3) is 6.30. The largest absolute Gasteiger partial charge is 0.350 e. The molecule has 0 aliphatic carbocycles. The van der Waals surface area contributed by atoms with Crippen molar-refractivity contribution in [1.29, 1.82) is 0 Å². The SMILES string of the molecule is CC(=O)N[C@H]1CCCCC2CC[C@@H](C(=O)N[C@@H](Cc3cnc[nH]3)C(=O)NCc3ccccc3)N2C1=O. The second-order valence-corrected chi connectivity index (χ2v) is 9.58. The van der Waals surface area contributed by atoms with Crippen LogP contribution in [0.3, 0.4) is 0 Å². The number of aromatic nitrogens is 2. The van der Waals surface area contributed by atoms with Crippen molar-refractivity contribution in [2.45, 2.75) is 82.6 Å². The van der Waals surface area contributed by atoms with Crippen LogP contribution < -0.4 is 16.0 Å². The first-order valence-electron chi connectivity index (χ1n) is 12.6. The predicted octanol–water partition coefficient (Wildman–Crippen LogP) is 1.19. The van der Waals surface area contributed by atoms with E-state index in [1.807, 2.05) is 30.3 Å². The summed E-state index contributed by atoms with van der Waals surface area (Å²) in [6.45, 7) is 1.73. The van der Waals surface area contributed by atoms with Gasteiger partial charge in [0.05, 0.1) is 6.33 Å². The number of aromatic amines is 1. The number of H-pyrrole nitrogens is 1. The molecule has 192 valence electrons. The van der Waals surface area contributed by atoms with Gasteiger partial charge in [0, 0.05) is 37.8 Å². The van der Waals surface area contributed by atoms with Crippen LogP contribution in [-0.4, -0.2) is 62.7 Å². The summed E-state index contributed by atoms with van der Waals surface area (Å²) in [5.41, 5.74) is 1.67. The van der Waals surface area contributed by atoms with Crippen molar-refractivity contribution in [3.8, 4) is 0 Å². The number of fused-ring (bicyclic) bond motifs is 1. The van der Waals surface area contributed by atoms with E-state index < -0.39 is 18.1 Å². The quantitative estimate of drug-likeness (QED) is 0.437. The summed E-state index contributed by atoms with van der Waals surface area (Å²) in [6, 6.07) is 7.36. The minimum Gasteiger partial charge on any atom is -0.350 e. The lowest BCUT2D eigenvalue weighted by Gasteiger charge is -2.35. The number of hydrogen-bond acceptors (Lipinski definition) is 5. The smallest absolute Gasteiger partial charge is 0.246 e. The van der Waals surface area contributed by atoms with Crippen molar-refractivity contribution in [3.05, 3.63) is 54.1 Å². The molecular formula is C26H34N6O4. The van der Waals surface area contributed by atoms with Gasteiger partial charge in [-0.15, -0.1) is 0 Å². The molecule has 10 heteroatoms. The monoisotopic (exact) mass is 494 g/mol. The fourth-order valence-electron chi connectivity index (χ4n) is 5.17. The van der Waals surface area contributed by atoms with Crippen molar-refractivity contribution in [2.75, 3.05) is 0 Å². The Morgan fingerprint density at radius 1 is 1.11 bits per heavy atom. The Balaban J connectivity index is 1.47. The number of carbonyl (C=O) groups is 4. The highest BCUT2D eigenvalue weighted by Crippen LogP contribution is 2.31. The summed E-state index contributed by atoms with van der Waals surface area (Å²) in [6.07, 6.45) is 7.81. The first-order chi connectivity index (χ1) is 17.4. The lowest BCUT2D eigenvalue weighted by molar-refractivity contribution is -0.144. The summed E-state index contributed by atoms with van der Waals surface area (Å²) in [5.74, 6) is -1.15. The lowest BCUT2D eigenvalue weighted by Crippen LogP contribution is -2.58. The fraction of sp³-hybridized carbons (Fsp3) is 0.500. The standard InChI is InChI=1S/C26H34N6O4/c1-17(33)30-21-10-6-5-9-20-11-12-23(32(20)26(21)36)25(35)31-22(13-19-15-27-16-29-19)24(34)28-14-18-7-3-2-4-8-18/h2-4,7-8,15-16,20-23H,5-6,9-14H2,1H3,(H,27,29)(H,28,34)(H,30,33)(H,31,35)/t20?,21-,22-,23-/m0/s1. The van der Waals surface area contributed by atoms with E-state index in [9.17, 15) is 19.2 Å². The first kappa shape index (κ1) is 25.4. The maximum absolute atomic E-state index is 13.5. The van der Waals surface area contributed by atoms with Gasteiger partial charge in [-0.25, -0.2) is 4.98 Å². The number of carbonyl (C=O) groups excluding carboxylic acids is 4. The molecule has 2 aliphatic heterocycles. The van der Waals surface area contributed by atoms with E-state index in [1.54, 1.807) is 11.1 Å². The molecule has 4 rings (SSSR count). The van der Waals surface area contributed by atoms with Crippen LogP contribution in [-0.2, 0) is 32.1 Å². The number of nitrogens with zero attached hydrogens (tertiary/aromatic N) is 2. The first-order valence-corrected chi connectivity index (χ1v) is 12.6. The molecule has 1 aromatic carbocycles. The normalized spacial score (nSPS) is 22.6. The minimum absolute atomic E-state index is 0.0391. The molecule has 2 fully saturated rings. The zero-order valence-corrected chi connectivity index (χ0v) is 20.5. The van der Waals surface area contributed by atoms with Gasteiger partial charge in [-0.05, 0) is 31.2 Å². The van der Waals surface area contributed by atoms with Crippen molar-refractivity contribution >= 4 is 23.6 Å². The van der Waals surface area contributed by atoms with Gasteiger partial charge < -0.3 is 25.8 Å². The van der Waals surface area contributed by atoms with Crippen LogP contribution in [0.1, 0.15) is 56.7 Å². The summed E-state index contributed by atoms with van der Waals surface area (Å²) < 4.78 is 0. The average molecular weight is 495 g/mol. The molecule has 3 heterocycles. The molecular weight excluding hydrogens is 460 g/mol. The van der Waals surface area contributed by atoms with Gasteiger partial charge in [0.1, 0.15) is 18.1 Å². The van der Waals surface area contributed by atoms with Gasteiger partial charge in [0.15, 0.2) is 0 Å². The van der Waals surface area contributed by atoms with Crippen LogP contribution in [0.15, 0.2) is 42.9 Å². The van der Waals surface area contributed by atoms with Crippen LogP contribution in [0, 0.1) is 0 Å². The maximum Gasteiger partial charge on any atom is 0.246 e. The third-order valence-electron chi connectivity index (χ3n) is 6.94. The molecule has 2 saturated heterocycles. The summed E-state index contributed by atoms with van der Waals surface area (Å²) >= 11 is 0. The molecule has 2 aromatic rings. The maximum atomic E-state index is 13.5. The Morgan fingerprint density at radius 2 is 1.89 bits per heavy atom. The van der Waals surface area contributed by atoms with E-state index in [-0.39, 0.29) is 36.1 Å². The molecule has 1 aromatic heterocycles. The molecule has 0 radical (unpaired) electrons. The molecule has 1 unspecified atom stereocenters. The van der Waals surface area contributed by atoms with Crippen LogP contribution >= 0.6 is 0 Å². The Hall–Kier alpha value is -3.69. The number of imidazole rings is 1. The van der Waals surface area contributed by atoms with Crippen molar-refractivity contribution in [2.24, 2.45) is 0 Å². The van der Waals surface area contributed by atoms with E-state index in [0.717, 1.165) is 31.2 Å². The Labute approximate surface area is 210 Å². The highest BCUT2D eigenvalue weighted by Gasteiger charge is 2.44. The summed E-state index contributed by atoms with van der Waals surface area (Å²) in [4.78, 5) is 60.4. The second-order valence-electron chi connectivity index (χ2n) is 9.58. The van der Waals surface area contributed by atoms with Gasteiger partial charge in [0.2, 0.25) is 23.6 Å². The highest BCUT2D eigenvalue weighted by molar-refractivity contribution is 5.94. The topological polar surface area (TPSA) is 136 Å². The molecule has 36 heavy (non-hydrogen) atoms. The van der Waals surface area contributed by atoms with Crippen LogP contribution in [0.25, 0.3) is 0 Å². The third-order valence-corrected chi connectivity index (χ3v) is 6.94. The zero-order chi connectivity index (χ0) is 25.5. The van der Waals surface area contributed by atoms with Crippen molar-refractivity contribution in [3.63, 3.8) is 0 Å². The molecule has 0 spiro atoms. The Bertz CT molecular complexity index is 1060. The minimum atomic E-state index is -0.836. The summed E-state index contributed by atoms with van der Waals surface area (Å²) in [7, 11) is 0. The molecule has 4 atom stereocenters. The number of hydrogen-bond donors (Lipinski definition) is 4.